The summed E-state index contributed by atoms with van der Waals surface area (Å²) in [6.07, 6.45) is 0. The Hall–Kier alpha value is -1.10. The van der Waals surface area contributed by atoms with Crippen molar-refractivity contribution in [2.45, 2.75) is 6.54 Å². The maximum absolute atomic E-state index is 11.8. The minimum Gasteiger partial charge on any atom is -0.346 e. The Balaban J connectivity index is 2.04. The highest BCUT2D eigenvalue weighted by atomic mass is 35.5. The first kappa shape index (κ1) is 12.4. The van der Waals surface area contributed by atoms with Gasteiger partial charge in [0.05, 0.1) is 28.3 Å². The molecule has 0 unspecified atom stereocenters. The maximum Gasteiger partial charge on any atom is 0.253 e. The average Bonchev–Trinajstić information content (AvgIpc) is 2.78. The third-order valence-corrected chi connectivity index (χ3v) is 3.27. The fraction of sp³-hybridized carbons (Fsp3) is 0.0909. The number of nitrogens with one attached hydrogen (secondary N) is 1. The summed E-state index contributed by atoms with van der Waals surface area (Å²) in [5, 5.41) is 5.46. The standard InChI is InChI=1S/C11H8Cl2N2OS/c12-7-1-2-9(10(13)3-7)11(16)14-4-8-5-17-6-15-8/h1-3,5-6H,4H2,(H,14,16). The number of hydrogen-bond acceptors (Lipinski definition) is 3. The predicted molar refractivity (Wildman–Crippen MR) is 69.7 cm³/mol. The van der Waals surface area contributed by atoms with Crippen LogP contribution in [-0.2, 0) is 6.54 Å². The molecule has 1 N–H and O–H groups in total. The Morgan fingerprint density at radius 2 is 2.24 bits per heavy atom. The van der Waals surface area contributed by atoms with Crippen molar-refractivity contribution in [3.05, 3.63) is 50.4 Å². The monoisotopic (exact) mass is 286 g/mol. The summed E-state index contributed by atoms with van der Waals surface area (Å²) in [4.78, 5) is 15.9. The summed E-state index contributed by atoms with van der Waals surface area (Å²) in [6.45, 7) is 0.390. The van der Waals surface area contributed by atoms with E-state index in [1.54, 1.807) is 23.7 Å². The number of rotatable bonds is 3. The summed E-state index contributed by atoms with van der Waals surface area (Å²) in [5.41, 5.74) is 2.95. The Bertz CT molecular complexity index is 528. The number of aromatic nitrogens is 1. The second kappa shape index (κ2) is 5.49. The zero-order valence-electron chi connectivity index (χ0n) is 8.61. The van der Waals surface area contributed by atoms with Gasteiger partial charge in [0.25, 0.3) is 5.91 Å². The van der Waals surface area contributed by atoms with E-state index in [1.807, 2.05) is 5.38 Å². The van der Waals surface area contributed by atoms with E-state index in [-0.39, 0.29) is 5.91 Å². The SMILES string of the molecule is O=C(NCc1cscn1)c1ccc(Cl)cc1Cl. The molecule has 2 rings (SSSR count). The molecule has 0 saturated heterocycles. The lowest BCUT2D eigenvalue weighted by Gasteiger charge is -2.05. The number of benzene rings is 1. The molecular weight excluding hydrogens is 279 g/mol. The molecule has 0 saturated carbocycles. The molecule has 6 heteroatoms. The Morgan fingerprint density at radius 1 is 1.41 bits per heavy atom. The van der Waals surface area contributed by atoms with Gasteiger partial charge in [-0.05, 0) is 18.2 Å². The number of carbonyl (C=O) groups is 1. The molecule has 0 fully saturated rings. The van der Waals surface area contributed by atoms with E-state index in [9.17, 15) is 4.79 Å². The molecule has 0 aliphatic carbocycles. The fourth-order valence-corrected chi connectivity index (χ4v) is 2.32. The van der Waals surface area contributed by atoms with Crippen LogP contribution in [0.1, 0.15) is 16.1 Å². The van der Waals surface area contributed by atoms with Crippen LogP contribution in [0.2, 0.25) is 10.0 Å². The number of halogens is 2. The summed E-state index contributed by atoms with van der Waals surface area (Å²) in [5.74, 6) is -0.236. The Labute approximate surface area is 112 Å². The van der Waals surface area contributed by atoms with Crippen molar-refractivity contribution in [3.63, 3.8) is 0 Å². The third kappa shape index (κ3) is 3.19. The van der Waals surface area contributed by atoms with Gasteiger partial charge >= 0.3 is 0 Å². The molecule has 0 spiro atoms. The van der Waals surface area contributed by atoms with E-state index >= 15 is 0 Å². The lowest BCUT2D eigenvalue weighted by molar-refractivity contribution is 0.0950. The highest BCUT2D eigenvalue weighted by Crippen LogP contribution is 2.20. The number of nitrogens with zero attached hydrogens (tertiary/aromatic N) is 1. The van der Waals surface area contributed by atoms with E-state index in [0.29, 0.717) is 22.2 Å². The first-order valence-corrected chi connectivity index (χ1v) is 6.47. The first-order chi connectivity index (χ1) is 8.16. The number of thiazole rings is 1. The normalized spacial score (nSPS) is 10.2. The van der Waals surface area contributed by atoms with Gasteiger partial charge in [-0.2, -0.15) is 0 Å². The van der Waals surface area contributed by atoms with Crippen molar-refractivity contribution in [2.24, 2.45) is 0 Å². The van der Waals surface area contributed by atoms with E-state index in [4.69, 9.17) is 23.2 Å². The van der Waals surface area contributed by atoms with Crippen LogP contribution >= 0.6 is 34.5 Å². The van der Waals surface area contributed by atoms with E-state index in [0.717, 1.165) is 5.69 Å². The number of amides is 1. The smallest absolute Gasteiger partial charge is 0.253 e. The Kier molecular flexibility index (Phi) is 3.99. The second-order valence-electron chi connectivity index (χ2n) is 3.29. The van der Waals surface area contributed by atoms with E-state index < -0.39 is 0 Å². The van der Waals surface area contributed by atoms with Gasteiger partial charge in [-0.3, -0.25) is 4.79 Å². The molecule has 1 aromatic heterocycles. The molecule has 0 aliphatic rings. The van der Waals surface area contributed by atoms with Crippen molar-refractivity contribution >= 4 is 40.4 Å². The summed E-state index contributed by atoms with van der Waals surface area (Å²) in [6, 6.07) is 4.77. The quantitative estimate of drug-likeness (QED) is 0.940. The predicted octanol–water partition coefficient (Wildman–Crippen LogP) is 3.38. The first-order valence-electron chi connectivity index (χ1n) is 4.77. The van der Waals surface area contributed by atoms with Crippen LogP contribution in [-0.4, -0.2) is 10.9 Å². The largest absolute Gasteiger partial charge is 0.346 e. The second-order valence-corrected chi connectivity index (χ2v) is 4.85. The van der Waals surface area contributed by atoms with Gasteiger partial charge in [-0.1, -0.05) is 23.2 Å². The lowest BCUT2D eigenvalue weighted by atomic mass is 10.2. The molecule has 88 valence electrons. The molecule has 1 heterocycles. The van der Waals surface area contributed by atoms with Crippen LogP contribution in [0, 0.1) is 0 Å². The van der Waals surface area contributed by atoms with Crippen molar-refractivity contribution in [1.29, 1.82) is 0 Å². The number of carbonyl (C=O) groups excluding carboxylic acids is 1. The van der Waals surface area contributed by atoms with Crippen LogP contribution in [0.4, 0.5) is 0 Å². The molecule has 1 amide bonds. The van der Waals surface area contributed by atoms with Gasteiger partial charge in [0.15, 0.2) is 0 Å². The Morgan fingerprint density at radius 3 is 2.88 bits per heavy atom. The molecule has 0 atom stereocenters. The van der Waals surface area contributed by atoms with Crippen LogP contribution in [0.5, 0.6) is 0 Å². The van der Waals surface area contributed by atoms with Crippen molar-refractivity contribution in [1.82, 2.24) is 10.3 Å². The van der Waals surface area contributed by atoms with Gasteiger partial charge in [0, 0.05) is 10.4 Å². The lowest BCUT2D eigenvalue weighted by Crippen LogP contribution is -2.23. The summed E-state index contributed by atoms with van der Waals surface area (Å²) >= 11 is 13.2. The molecule has 2 aromatic rings. The maximum atomic E-state index is 11.8. The minimum atomic E-state index is -0.236. The highest BCUT2D eigenvalue weighted by molar-refractivity contribution is 7.07. The van der Waals surface area contributed by atoms with E-state index in [2.05, 4.69) is 10.3 Å². The molecule has 0 bridgehead atoms. The minimum absolute atomic E-state index is 0.236. The van der Waals surface area contributed by atoms with Gasteiger partial charge in [0.1, 0.15) is 0 Å². The topological polar surface area (TPSA) is 42.0 Å². The van der Waals surface area contributed by atoms with Crippen LogP contribution in [0.3, 0.4) is 0 Å². The van der Waals surface area contributed by atoms with Crippen LogP contribution in [0.25, 0.3) is 0 Å². The van der Waals surface area contributed by atoms with Crippen molar-refractivity contribution < 1.29 is 4.79 Å². The third-order valence-electron chi connectivity index (χ3n) is 2.09. The van der Waals surface area contributed by atoms with Gasteiger partial charge in [-0.25, -0.2) is 4.98 Å². The highest BCUT2D eigenvalue weighted by Gasteiger charge is 2.10. The van der Waals surface area contributed by atoms with Gasteiger partial charge in [-0.15, -0.1) is 11.3 Å². The van der Waals surface area contributed by atoms with Crippen LogP contribution in [0.15, 0.2) is 29.1 Å². The molecular formula is C11H8Cl2N2OS. The average molecular weight is 287 g/mol. The zero-order chi connectivity index (χ0) is 12.3. The number of hydrogen-bond donors (Lipinski definition) is 1. The summed E-state index contributed by atoms with van der Waals surface area (Å²) < 4.78 is 0. The van der Waals surface area contributed by atoms with Crippen LogP contribution < -0.4 is 5.32 Å². The molecule has 17 heavy (non-hydrogen) atoms. The molecule has 0 radical (unpaired) electrons. The molecule has 3 nitrogen and oxygen atoms in total. The summed E-state index contributed by atoms with van der Waals surface area (Å²) in [7, 11) is 0. The molecule has 1 aromatic carbocycles. The van der Waals surface area contributed by atoms with Crippen molar-refractivity contribution in [3.8, 4) is 0 Å². The fourth-order valence-electron chi connectivity index (χ4n) is 1.26. The zero-order valence-corrected chi connectivity index (χ0v) is 10.9. The van der Waals surface area contributed by atoms with E-state index in [1.165, 1.54) is 11.3 Å². The van der Waals surface area contributed by atoms with Gasteiger partial charge < -0.3 is 5.32 Å². The van der Waals surface area contributed by atoms with Crippen molar-refractivity contribution in [2.75, 3.05) is 0 Å². The van der Waals surface area contributed by atoms with Gasteiger partial charge in [0.2, 0.25) is 0 Å². The molecule has 0 aliphatic heterocycles.